The highest BCUT2D eigenvalue weighted by Crippen LogP contribution is 2.31. The Morgan fingerprint density at radius 2 is 2.17 bits per heavy atom. The average molecular weight is 530 g/mol. The maximum Gasteiger partial charge on any atom is 0.275 e. The number of benzene rings is 1. The minimum absolute atomic E-state index is 0.0355. The molecule has 0 aliphatic heterocycles. The lowest BCUT2D eigenvalue weighted by atomic mass is 10.1. The first-order valence-corrected chi connectivity index (χ1v) is 9.98. The molecule has 0 fully saturated rings. The summed E-state index contributed by atoms with van der Waals surface area (Å²) in [5.41, 5.74) is 0.369. The van der Waals surface area contributed by atoms with Crippen LogP contribution in [0.15, 0.2) is 44.9 Å². The monoisotopic (exact) mass is 529 g/mol. The second-order valence-electron chi connectivity index (χ2n) is 6.21. The van der Waals surface area contributed by atoms with Crippen molar-refractivity contribution in [3.63, 3.8) is 0 Å². The number of fused-ring (bicyclic) bond motifs is 1. The molecule has 1 amide bonds. The molecule has 0 radical (unpaired) electrons. The normalized spacial score (nSPS) is 10.9. The van der Waals surface area contributed by atoms with Gasteiger partial charge < -0.3 is 9.73 Å². The highest BCUT2D eigenvalue weighted by Gasteiger charge is 2.26. The lowest BCUT2D eigenvalue weighted by molar-refractivity contribution is 0.0755. The average Bonchev–Trinajstić information content (AvgIpc) is 3.17. The van der Waals surface area contributed by atoms with Gasteiger partial charge in [-0.2, -0.15) is 4.91 Å². The number of carbonyl (C=O) groups is 1. The van der Waals surface area contributed by atoms with E-state index in [1.54, 1.807) is 12.1 Å². The molecule has 1 aromatic carbocycles. The summed E-state index contributed by atoms with van der Waals surface area (Å²) in [4.78, 5) is 36.1. The van der Waals surface area contributed by atoms with Crippen LogP contribution in [0.25, 0.3) is 11.0 Å². The van der Waals surface area contributed by atoms with E-state index in [4.69, 9.17) is 21.9 Å². The molecule has 0 unspecified atom stereocenters. The van der Waals surface area contributed by atoms with Gasteiger partial charge in [-0.3, -0.25) is 19.2 Å². The molecular formula is C18H17ClIN5O4. The first-order chi connectivity index (χ1) is 13.8. The smallest absolute Gasteiger partial charge is 0.275 e. The second-order valence-corrected chi connectivity index (χ2v) is 7.86. The molecular weight excluding hydrogens is 513 g/mol. The number of pyridine rings is 1. The molecule has 0 saturated heterocycles. The van der Waals surface area contributed by atoms with Gasteiger partial charge in [0.25, 0.3) is 11.5 Å². The topological polar surface area (TPSA) is 123 Å². The minimum Gasteiger partial charge on any atom is -0.463 e. The lowest BCUT2D eigenvalue weighted by Crippen LogP contribution is -2.39. The van der Waals surface area contributed by atoms with Crippen molar-refractivity contribution in [2.75, 3.05) is 18.4 Å². The maximum absolute atomic E-state index is 13.1. The van der Waals surface area contributed by atoms with Gasteiger partial charge in [0.1, 0.15) is 11.4 Å². The Hall–Kier alpha value is -2.44. The fraction of sp³-hybridized carbons (Fsp3) is 0.222. The fourth-order valence-electron chi connectivity index (χ4n) is 2.84. The van der Waals surface area contributed by atoms with E-state index in [2.05, 4.69) is 33.1 Å². The van der Waals surface area contributed by atoms with Crippen LogP contribution in [-0.2, 0) is 7.05 Å². The summed E-state index contributed by atoms with van der Waals surface area (Å²) in [6.45, 7) is 0.146. The second kappa shape index (κ2) is 8.93. The van der Waals surface area contributed by atoms with E-state index < -0.39 is 5.91 Å². The van der Waals surface area contributed by atoms with Crippen LogP contribution < -0.4 is 16.7 Å². The fourth-order valence-corrected chi connectivity index (χ4v) is 3.75. The zero-order valence-corrected chi connectivity index (χ0v) is 18.2. The van der Waals surface area contributed by atoms with Crippen LogP contribution in [0.2, 0.25) is 5.02 Å². The van der Waals surface area contributed by atoms with Crippen LogP contribution in [0.5, 0.6) is 0 Å². The molecule has 0 aliphatic carbocycles. The molecule has 11 heteroatoms. The number of hydrogen-bond acceptors (Lipinski definition) is 7. The maximum atomic E-state index is 13.1. The summed E-state index contributed by atoms with van der Waals surface area (Å²) in [6, 6.07) is 6.82. The number of aromatic nitrogens is 1. The minimum atomic E-state index is -0.574. The van der Waals surface area contributed by atoms with Crippen molar-refractivity contribution in [1.82, 2.24) is 9.58 Å². The summed E-state index contributed by atoms with van der Waals surface area (Å²) >= 11 is 8.44. The largest absolute Gasteiger partial charge is 0.463 e. The quantitative estimate of drug-likeness (QED) is 0.120. The van der Waals surface area contributed by atoms with Crippen molar-refractivity contribution in [3.8, 4) is 0 Å². The predicted octanol–water partition coefficient (Wildman–Crippen LogP) is 3.61. The third-order valence-corrected chi connectivity index (χ3v) is 5.29. The number of nitroso groups, excluding NO2 is 1. The van der Waals surface area contributed by atoms with Crippen LogP contribution >= 0.6 is 34.2 Å². The summed E-state index contributed by atoms with van der Waals surface area (Å²) in [5, 5.41) is 7.45. The van der Waals surface area contributed by atoms with Crippen molar-refractivity contribution in [2.45, 2.75) is 6.42 Å². The van der Waals surface area contributed by atoms with Crippen LogP contribution in [0, 0.1) is 8.48 Å². The summed E-state index contributed by atoms with van der Waals surface area (Å²) in [6.07, 6.45) is 1.65. The number of nitrogens with two attached hydrogens (primary N) is 1. The Kier molecular flexibility index (Phi) is 6.55. The van der Waals surface area contributed by atoms with Crippen molar-refractivity contribution >= 4 is 62.6 Å². The highest BCUT2D eigenvalue weighted by atomic mass is 127. The van der Waals surface area contributed by atoms with Gasteiger partial charge >= 0.3 is 0 Å². The Bertz CT molecular complexity index is 1140. The van der Waals surface area contributed by atoms with Gasteiger partial charge in [0.2, 0.25) is 0 Å². The third-order valence-electron chi connectivity index (χ3n) is 4.31. The number of hydrazine groups is 1. The van der Waals surface area contributed by atoms with Gasteiger partial charge in [0.05, 0.1) is 28.9 Å². The lowest BCUT2D eigenvalue weighted by Gasteiger charge is -2.21. The molecule has 3 rings (SSSR count). The molecule has 152 valence electrons. The number of anilines is 2. The van der Waals surface area contributed by atoms with E-state index in [1.165, 1.54) is 23.9 Å². The number of nitrogens with one attached hydrogen (secondary N) is 1. The highest BCUT2D eigenvalue weighted by molar-refractivity contribution is 14.1. The Labute approximate surface area is 183 Å². The molecule has 0 saturated carbocycles. The molecule has 2 heterocycles. The molecule has 0 atom stereocenters. The van der Waals surface area contributed by atoms with E-state index in [-0.39, 0.29) is 41.0 Å². The molecule has 2 aromatic heterocycles. The Morgan fingerprint density at radius 1 is 1.41 bits per heavy atom. The number of rotatable bonds is 7. The Morgan fingerprint density at radius 3 is 2.86 bits per heavy atom. The molecule has 0 spiro atoms. The van der Waals surface area contributed by atoms with Crippen molar-refractivity contribution in [2.24, 2.45) is 18.1 Å². The van der Waals surface area contributed by atoms with Gasteiger partial charge in [-0.25, -0.2) is 5.84 Å². The summed E-state index contributed by atoms with van der Waals surface area (Å²) < 4.78 is 7.69. The first-order valence-electron chi connectivity index (χ1n) is 8.53. The van der Waals surface area contributed by atoms with Crippen LogP contribution in [0.4, 0.5) is 11.5 Å². The molecule has 0 bridgehead atoms. The third kappa shape index (κ3) is 4.28. The van der Waals surface area contributed by atoms with Gasteiger partial charge in [-0.1, -0.05) is 16.8 Å². The molecule has 29 heavy (non-hydrogen) atoms. The number of furan rings is 1. The van der Waals surface area contributed by atoms with Crippen molar-refractivity contribution in [1.29, 1.82) is 0 Å². The number of carbonyl (C=O) groups excluding carboxylic acids is 1. The van der Waals surface area contributed by atoms with Gasteiger partial charge in [-0.15, -0.1) is 0 Å². The number of nitrogens with zero attached hydrogens (tertiary/aromatic N) is 3. The number of amides is 1. The predicted molar refractivity (Wildman–Crippen MR) is 119 cm³/mol. The van der Waals surface area contributed by atoms with E-state index in [0.29, 0.717) is 17.1 Å². The van der Waals surface area contributed by atoms with Gasteiger partial charge in [0.15, 0.2) is 5.58 Å². The molecule has 0 aliphatic rings. The van der Waals surface area contributed by atoms with Gasteiger partial charge in [-0.05, 0) is 53.3 Å². The van der Waals surface area contributed by atoms with Gasteiger partial charge in [0, 0.05) is 17.2 Å². The standard InChI is InChI=1S/C18H17ClIN5O4/c1-24-16(23-13-4-3-10(20)9-12(13)19)14(15-11(17(24)26)5-8-29-15)18(27)25(21)7-2-6-22-28/h3-5,8-9,23H,2,6-7,21H2,1H3. The van der Waals surface area contributed by atoms with Crippen molar-refractivity contribution in [3.05, 3.63) is 59.9 Å². The van der Waals surface area contributed by atoms with Crippen molar-refractivity contribution < 1.29 is 9.21 Å². The van der Waals surface area contributed by atoms with E-state index in [0.717, 1.165) is 8.58 Å². The van der Waals surface area contributed by atoms with E-state index >= 15 is 0 Å². The van der Waals surface area contributed by atoms with Crippen LogP contribution in [-0.4, -0.2) is 28.6 Å². The summed E-state index contributed by atoms with van der Waals surface area (Å²) in [7, 11) is 1.53. The van der Waals surface area contributed by atoms with Crippen LogP contribution in [0.1, 0.15) is 16.8 Å². The zero-order valence-electron chi connectivity index (χ0n) is 15.3. The van der Waals surface area contributed by atoms with E-state index in [1.807, 2.05) is 6.07 Å². The number of hydrogen-bond donors (Lipinski definition) is 2. The number of halogens is 2. The van der Waals surface area contributed by atoms with Crippen LogP contribution in [0.3, 0.4) is 0 Å². The summed E-state index contributed by atoms with van der Waals surface area (Å²) in [5.74, 6) is 5.52. The zero-order chi connectivity index (χ0) is 21.1. The SMILES string of the molecule is Cn1c(Nc2ccc(I)cc2Cl)c(C(=O)N(N)CCCN=O)c2occc2c1=O. The molecule has 9 nitrogen and oxygen atoms in total. The van der Waals surface area contributed by atoms with E-state index in [9.17, 15) is 14.5 Å². The molecule has 3 aromatic rings. The molecule has 3 N–H and O–H groups in total. The Balaban J connectivity index is 2.13. The first kappa shape index (κ1) is 21.3.